The van der Waals surface area contributed by atoms with Gasteiger partial charge in [-0.15, -0.1) is 0 Å². The molecule has 6 heteroatoms. The molecule has 6 nitrogen and oxygen atoms in total. The van der Waals surface area contributed by atoms with Crippen LogP contribution in [0.5, 0.6) is 0 Å². The molecule has 4 aromatic heterocycles. The number of rotatable bonds is 2. The van der Waals surface area contributed by atoms with Crippen molar-refractivity contribution in [2.75, 3.05) is 0 Å². The maximum atomic E-state index is 12.9. The average Bonchev–Trinajstić information content (AvgIpc) is 3.27. The fraction of sp³-hybridized carbons (Fsp3) is 0.292. The number of nitrogens with one attached hydrogen (secondary N) is 1. The summed E-state index contributed by atoms with van der Waals surface area (Å²) in [6.45, 7) is 2.00. The van der Waals surface area contributed by atoms with Crippen molar-refractivity contribution in [2.24, 2.45) is 7.05 Å². The summed E-state index contributed by atoms with van der Waals surface area (Å²) in [5, 5.41) is 4.93. The van der Waals surface area contributed by atoms with Crippen LogP contribution in [0.4, 0.5) is 0 Å². The van der Waals surface area contributed by atoms with Crippen LogP contribution in [0, 0.1) is 6.92 Å². The number of hydrogen-bond acceptors (Lipinski definition) is 4. The highest BCUT2D eigenvalue weighted by atomic mass is 16.1. The minimum atomic E-state index is -0.110. The molecule has 6 heterocycles. The van der Waals surface area contributed by atoms with Crippen LogP contribution < -0.4 is 10.9 Å². The highest BCUT2D eigenvalue weighted by Gasteiger charge is 2.36. The second-order valence-corrected chi connectivity index (χ2v) is 8.50. The van der Waals surface area contributed by atoms with Crippen LogP contribution in [0.2, 0.25) is 0 Å². The van der Waals surface area contributed by atoms with Gasteiger partial charge < -0.3 is 9.88 Å². The zero-order valence-corrected chi connectivity index (χ0v) is 17.1. The summed E-state index contributed by atoms with van der Waals surface area (Å²) >= 11 is 0. The Morgan fingerprint density at radius 1 is 1.13 bits per heavy atom. The van der Waals surface area contributed by atoms with Crippen LogP contribution >= 0.6 is 0 Å². The number of nitrogens with zero attached hydrogens (tertiary/aromatic N) is 4. The Hall–Kier alpha value is -3.25. The molecule has 0 aromatic carbocycles. The van der Waals surface area contributed by atoms with Gasteiger partial charge in [-0.05, 0) is 55.2 Å². The zero-order valence-electron chi connectivity index (χ0n) is 17.1. The van der Waals surface area contributed by atoms with Crippen molar-refractivity contribution in [1.82, 2.24) is 24.4 Å². The van der Waals surface area contributed by atoms with E-state index in [1.165, 1.54) is 29.5 Å². The van der Waals surface area contributed by atoms with E-state index in [4.69, 9.17) is 4.98 Å². The minimum Gasteiger partial charge on any atom is -0.332 e. The van der Waals surface area contributed by atoms with Crippen LogP contribution in [0.1, 0.15) is 35.7 Å². The lowest BCUT2D eigenvalue weighted by Crippen LogP contribution is -2.32. The number of hydrogen-bond donors (Lipinski definition) is 1. The molecule has 0 amide bonds. The predicted octanol–water partition coefficient (Wildman–Crippen LogP) is 3.44. The van der Waals surface area contributed by atoms with E-state index in [0.717, 1.165) is 28.9 Å². The number of aryl methyl sites for hydroxylation is 2. The molecule has 0 aliphatic carbocycles. The molecule has 2 aliphatic heterocycles. The van der Waals surface area contributed by atoms with E-state index in [9.17, 15) is 4.79 Å². The first-order chi connectivity index (χ1) is 14.6. The molecule has 0 spiro atoms. The Balaban J connectivity index is 1.44. The molecule has 2 bridgehead atoms. The van der Waals surface area contributed by atoms with E-state index in [1.54, 1.807) is 16.8 Å². The van der Waals surface area contributed by atoms with Gasteiger partial charge >= 0.3 is 0 Å². The topological polar surface area (TPSA) is 64.7 Å². The molecule has 0 radical (unpaired) electrons. The molecule has 2 aliphatic rings. The zero-order chi connectivity index (χ0) is 20.4. The van der Waals surface area contributed by atoms with Gasteiger partial charge in [0.15, 0.2) is 0 Å². The number of aromatic nitrogens is 4. The van der Waals surface area contributed by atoms with Crippen LogP contribution in [-0.2, 0) is 13.5 Å². The van der Waals surface area contributed by atoms with Gasteiger partial charge in [0.1, 0.15) is 11.5 Å². The standard InChI is InChI=1S/C24H23N5O/c1-14-3-6-18(25-13-14)15-9-10-29(22(30)11-15)21-8-5-17-23-19-7-4-16(26-19)12-20(23)28(2)24(17)27-21/h3,5-6,8-11,13,16,19,26H,4,7,12H2,1-2H3. The van der Waals surface area contributed by atoms with Crippen molar-refractivity contribution < 1.29 is 0 Å². The van der Waals surface area contributed by atoms with Crippen molar-refractivity contribution in [1.29, 1.82) is 0 Å². The van der Waals surface area contributed by atoms with Crippen LogP contribution in [0.15, 0.2) is 53.6 Å². The van der Waals surface area contributed by atoms with Crippen molar-refractivity contribution in [3.8, 4) is 17.1 Å². The van der Waals surface area contributed by atoms with Crippen molar-refractivity contribution in [3.05, 3.63) is 76.0 Å². The van der Waals surface area contributed by atoms with Crippen molar-refractivity contribution in [2.45, 2.75) is 38.3 Å². The molecular weight excluding hydrogens is 374 g/mol. The summed E-state index contributed by atoms with van der Waals surface area (Å²) in [6, 6.07) is 12.6. The summed E-state index contributed by atoms with van der Waals surface area (Å²) in [5.41, 5.74) is 6.32. The molecule has 4 aromatic rings. The Kier molecular flexibility index (Phi) is 3.74. The lowest BCUT2D eigenvalue weighted by atomic mass is 10.00. The summed E-state index contributed by atoms with van der Waals surface area (Å²) in [4.78, 5) is 22.2. The first-order valence-electron chi connectivity index (χ1n) is 10.5. The Morgan fingerprint density at radius 3 is 2.83 bits per heavy atom. The molecule has 2 unspecified atom stereocenters. The van der Waals surface area contributed by atoms with E-state index in [-0.39, 0.29) is 5.56 Å². The van der Waals surface area contributed by atoms with E-state index < -0.39 is 0 Å². The minimum absolute atomic E-state index is 0.110. The van der Waals surface area contributed by atoms with E-state index in [1.807, 2.05) is 37.4 Å². The van der Waals surface area contributed by atoms with Gasteiger partial charge in [-0.3, -0.25) is 14.3 Å². The Bertz CT molecular complexity index is 1350. The second kappa shape index (κ2) is 6.37. The van der Waals surface area contributed by atoms with Gasteiger partial charge in [-0.25, -0.2) is 4.98 Å². The van der Waals surface area contributed by atoms with Crippen molar-refractivity contribution in [3.63, 3.8) is 0 Å². The lowest BCUT2D eigenvalue weighted by Gasteiger charge is -2.22. The summed E-state index contributed by atoms with van der Waals surface area (Å²) in [7, 11) is 2.09. The van der Waals surface area contributed by atoms with Gasteiger partial charge in [0.2, 0.25) is 0 Å². The fourth-order valence-corrected chi connectivity index (χ4v) is 5.05. The molecule has 2 atom stereocenters. The highest BCUT2D eigenvalue weighted by molar-refractivity contribution is 5.84. The smallest absolute Gasteiger partial charge is 0.256 e. The molecule has 150 valence electrons. The SMILES string of the molecule is Cc1ccc(-c2ccn(-c3ccc4c5c(n(C)c4n3)CC3CCC5N3)c(=O)c2)nc1. The van der Waals surface area contributed by atoms with Gasteiger partial charge in [0, 0.05) is 60.7 Å². The van der Waals surface area contributed by atoms with Crippen molar-refractivity contribution >= 4 is 11.0 Å². The highest BCUT2D eigenvalue weighted by Crippen LogP contribution is 2.41. The quantitative estimate of drug-likeness (QED) is 0.563. The van der Waals surface area contributed by atoms with Crippen LogP contribution in [0.25, 0.3) is 28.1 Å². The molecule has 1 N–H and O–H groups in total. The first kappa shape index (κ1) is 17.6. The van der Waals surface area contributed by atoms with E-state index in [0.29, 0.717) is 17.9 Å². The molecule has 6 rings (SSSR count). The normalized spacial score (nSPS) is 19.9. The summed E-state index contributed by atoms with van der Waals surface area (Å²) < 4.78 is 3.82. The summed E-state index contributed by atoms with van der Waals surface area (Å²) in [5.74, 6) is 0.645. The first-order valence-corrected chi connectivity index (χ1v) is 10.5. The Labute approximate surface area is 174 Å². The predicted molar refractivity (Wildman–Crippen MR) is 117 cm³/mol. The second-order valence-electron chi connectivity index (χ2n) is 8.50. The molecule has 1 saturated heterocycles. The maximum absolute atomic E-state index is 12.9. The monoisotopic (exact) mass is 397 g/mol. The number of pyridine rings is 3. The van der Waals surface area contributed by atoms with Gasteiger partial charge in [-0.2, -0.15) is 0 Å². The molecular formula is C24H23N5O. The Morgan fingerprint density at radius 2 is 2.03 bits per heavy atom. The third-order valence-electron chi connectivity index (χ3n) is 6.59. The van der Waals surface area contributed by atoms with Gasteiger partial charge in [-0.1, -0.05) is 6.07 Å². The van der Waals surface area contributed by atoms with Gasteiger partial charge in [0.05, 0.1) is 5.69 Å². The molecule has 30 heavy (non-hydrogen) atoms. The summed E-state index contributed by atoms with van der Waals surface area (Å²) in [6.07, 6.45) is 7.08. The fourth-order valence-electron chi connectivity index (χ4n) is 5.05. The third-order valence-corrected chi connectivity index (χ3v) is 6.59. The average molecular weight is 397 g/mol. The molecule has 0 saturated carbocycles. The lowest BCUT2D eigenvalue weighted by molar-refractivity contribution is 0.503. The van der Waals surface area contributed by atoms with E-state index in [2.05, 4.69) is 28.0 Å². The number of fused-ring (bicyclic) bond motifs is 6. The van der Waals surface area contributed by atoms with Gasteiger partial charge in [0.25, 0.3) is 5.56 Å². The largest absolute Gasteiger partial charge is 0.332 e. The third kappa shape index (κ3) is 2.57. The molecule has 1 fully saturated rings. The van der Waals surface area contributed by atoms with E-state index >= 15 is 0 Å². The maximum Gasteiger partial charge on any atom is 0.256 e. The van der Waals surface area contributed by atoms with Crippen LogP contribution in [0.3, 0.4) is 0 Å². The van der Waals surface area contributed by atoms with Crippen LogP contribution in [-0.4, -0.2) is 25.1 Å².